The minimum Gasteiger partial charge on any atom is -0.491 e. The van der Waals surface area contributed by atoms with Crippen LogP contribution in [0.15, 0.2) is 34.1 Å². The summed E-state index contributed by atoms with van der Waals surface area (Å²) in [6, 6.07) is 11.5. The molecule has 0 amide bonds. The Bertz CT molecular complexity index is 1020. The van der Waals surface area contributed by atoms with Crippen molar-refractivity contribution < 1.29 is 18.9 Å². The highest BCUT2D eigenvalue weighted by atomic mass is 35.5. The van der Waals surface area contributed by atoms with Gasteiger partial charge in [0.2, 0.25) is 0 Å². The van der Waals surface area contributed by atoms with E-state index in [0.29, 0.717) is 36.3 Å². The lowest BCUT2D eigenvalue weighted by Crippen LogP contribution is -2.12. The van der Waals surface area contributed by atoms with Gasteiger partial charge in [0.1, 0.15) is 34.9 Å². The summed E-state index contributed by atoms with van der Waals surface area (Å²) < 4.78 is 22.2. The van der Waals surface area contributed by atoms with Crippen LogP contribution in [0.4, 0.5) is 5.69 Å². The summed E-state index contributed by atoms with van der Waals surface area (Å²) in [5.74, 6) is 0.791. The molecule has 176 valence electrons. The minimum absolute atomic E-state index is 0.0481. The predicted molar refractivity (Wildman–Crippen MR) is 129 cm³/mol. The van der Waals surface area contributed by atoms with Crippen molar-refractivity contribution >= 4 is 29.1 Å². The Morgan fingerprint density at radius 1 is 0.970 bits per heavy atom. The van der Waals surface area contributed by atoms with E-state index in [4.69, 9.17) is 36.3 Å². The summed E-state index contributed by atoms with van der Waals surface area (Å²) in [5.41, 5.74) is 6.80. The topological polar surface area (TPSA) is 111 Å². The molecule has 0 fully saturated rings. The number of hydrogen-bond acceptors (Lipinski definition) is 8. The van der Waals surface area contributed by atoms with Crippen LogP contribution in [0.25, 0.3) is 0 Å². The van der Waals surface area contributed by atoms with Crippen LogP contribution < -0.4 is 15.2 Å². The first-order chi connectivity index (χ1) is 15.9. The number of rotatable bonds is 13. The van der Waals surface area contributed by atoms with Gasteiger partial charge in [0.15, 0.2) is 11.5 Å². The van der Waals surface area contributed by atoms with E-state index in [1.54, 1.807) is 13.2 Å². The summed E-state index contributed by atoms with van der Waals surface area (Å²) in [6.07, 6.45) is 0.772. The molecule has 0 aliphatic rings. The number of nitrogens with two attached hydrogens (primary N) is 1. The van der Waals surface area contributed by atoms with E-state index >= 15 is 0 Å². The van der Waals surface area contributed by atoms with Crippen molar-refractivity contribution in [2.45, 2.75) is 30.1 Å². The summed E-state index contributed by atoms with van der Waals surface area (Å²) in [4.78, 5) is 1.20. The number of methoxy groups -OCH3 is 1. The lowest BCUT2D eigenvalue weighted by Gasteiger charge is -2.20. The average molecular weight is 490 g/mol. The Morgan fingerprint density at radius 3 is 2.24 bits per heavy atom. The number of anilines is 1. The molecule has 0 saturated carbocycles. The van der Waals surface area contributed by atoms with Gasteiger partial charge in [-0.05, 0) is 24.5 Å². The van der Waals surface area contributed by atoms with Crippen LogP contribution in [0.2, 0.25) is 5.02 Å². The van der Waals surface area contributed by atoms with Gasteiger partial charge in [0.25, 0.3) is 0 Å². The van der Waals surface area contributed by atoms with E-state index in [-0.39, 0.29) is 40.9 Å². The molecule has 9 heteroatoms. The Balaban J connectivity index is 2.49. The Kier molecular flexibility index (Phi) is 11.2. The fourth-order valence-electron chi connectivity index (χ4n) is 2.76. The number of benzene rings is 2. The molecule has 0 saturated heterocycles. The van der Waals surface area contributed by atoms with Gasteiger partial charge in [-0.15, -0.1) is 0 Å². The Morgan fingerprint density at radius 2 is 1.61 bits per heavy atom. The molecule has 2 rings (SSSR count). The van der Waals surface area contributed by atoms with Crippen molar-refractivity contribution in [3.05, 3.63) is 40.4 Å². The molecular weight excluding hydrogens is 462 g/mol. The standard InChI is InChI=1S/C24H28ClN3O4S/c1-16(2)8-9-31-22-17(14-26)18(15-27)23(32-13-12-30-11-10-29-3)24(21(22)25)33-20-7-5-4-6-19(20)28/h4-7,16H,8-13,28H2,1-3H3. The first-order valence-electron chi connectivity index (χ1n) is 10.5. The van der Waals surface area contributed by atoms with Crippen molar-refractivity contribution in [1.29, 1.82) is 10.5 Å². The van der Waals surface area contributed by atoms with E-state index in [1.807, 2.05) is 18.2 Å². The van der Waals surface area contributed by atoms with Crippen LogP contribution in [0.3, 0.4) is 0 Å². The molecule has 0 aliphatic heterocycles. The number of hydrogen-bond donors (Lipinski definition) is 1. The van der Waals surface area contributed by atoms with E-state index in [9.17, 15) is 10.5 Å². The molecule has 0 bridgehead atoms. The van der Waals surface area contributed by atoms with Crippen LogP contribution in [0.5, 0.6) is 11.5 Å². The van der Waals surface area contributed by atoms with Crippen LogP contribution in [0, 0.1) is 28.6 Å². The quantitative estimate of drug-likeness (QED) is 0.298. The third-order valence-corrected chi connectivity index (χ3v) is 6.17. The number of halogens is 1. The van der Waals surface area contributed by atoms with E-state index in [1.165, 1.54) is 11.8 Å². The fraction of sp³-hybridized carbons (Fsp3) is 0.417. The Hall–Kier alpha value is -2.62. The molecule has 0 aliphatic carbocycles. The number of nitrogens with zero attached hydrogens (tertiary/aromatic N) is 2. The lowest BCUT2D eigenvalue weighted by molar-refractivity contribution is 0.0539. The molecule has 33 heavy (non-hydrogen) atoms. The summed E-state index contributed by atoms with van der Waals surface area (Å²) in [5, 5.41) is 19.9. The molecule has 0 atom stereocenters. The molecule has 2 aromatic rings. The zero-order valence-corrected chi connectivity index (χ0v) is 20.6. The third kappa shape index (κ3) is 7.45. The second-order valence-corrected chi connectivity index (χ2v) is 8.83. The molecule has 0 heterocycles. The number of para-hydroxylation sites is 1. The van der Waals surface area contributed by atoms with Crippen molar-refractivity contribution in [1.82, 2.24) is 0 Å². The maximum Gasteiger partial charge on any atom is 0.158 e. The van der Waals surface area contributed by atoms with Gasteiger partial charge in [-0.3, -0.25) is 0 Å². The van der Waals surface area contributed by atoms with E-state index < -0.39 is 0 Å². The lowest BCUT2D eigenvalue weighted by atomic mass is 10.1. The van der Waals surface area contributed by atoms with Gasteiger partial charge in [0, 0.05) is 17.7 Å². The van der Waals surface area contributed by atoms with Gasteiger partial charge < -0.3 is 24.7 Å². The summed E-state index contributed by atoms with van der Waals surface area (Å²) in [6.45, 7) is 5.82. The van der Waals surface area contributed by atoms with Crippen LogP contribution in [-0.2, 0) is 9.47 Å². The molecule has 0 spiro atoms. The molecule has 2 N–H and O–H groups in total. The highest BCUT2D eigenvalue weighted by Gasteiger charge is 2.27. The van der Waals surface area contributed by atoms with Crippen molar-refractivity contribution in [3.8, 4) is 23.6 Å². The normalized spacial score (nSPS) is 10.6. The molecular formula is C24H28ClN3O4S. The largest absolute Gasteiger partial charge is 0.491 e. The monoisotopic (exact) mass is 489 g/mol. The maximum atomic E-state index is 9.92. The zero-order valence-electron chi connectivity index (χ0n) is 19.0. The van der Waals surface area contributed by atoms with Gasteiger partial charge >= 0.3 is 0 Å². The van der Waals surface area contributed by atoms with Gasteiger partial charge in [-0.2, -0.15) is 10.5 Å². The van der Waals surface area contributed by atoms with Crippen LogP contribution in [0.1, 0.15) is 31.4 Å². The maximum absolute atomic E-state index is 9.92. The van der Waals surface area contributed by atoms with Crippen LogP contribution >= 0.6 is 23.4 Å². The van der Waals surface area contributed by atoms with Crippen molar-refractivity contribution in [2.24, 2.45) is 5.92 Å². The molecule has 0 unspecified atom stereocenters. The van der Waals surface area contributed by atoms with E-state index in [0.717, 1.165) is 11.3 Å². The van der Waals surface area contributed by atoms with Crippen LogP contribution in [-0.4, -0.2) is 40.1 Å². The third-order valence-electron chi connectivity index (χ3n) is 4.51. The number of ether oxygens (including phenoxy) is 4. The number of nitrogen functional groups attached to an aromatic ring is 1. The molecule has 0 radical (unpaired) electrons. The highest BCUT2D eigenvalue weighted by Crippen LogP contribution is 2.49. The van der Waals surface area contributed by atoms with Gasteiger partial charge in [-0.1, -0.05) is 49.3 Å². The van der Waals surface area contributed by atoms with Crippen molar-refractivity contribution in [3.63, 3.8) is 0 Å². The Labute approximate surface area is 204 Å². The summed E-state index contributed by atoms with van der Waals surface area (Å²) in [7, 11) is 1.59. The highest BCUT2D eigenvalue weighted by molar-refractivity contribution is 7.99. The van der Waals surface area contributed by atoms with Gasteiger partial charge in [0.05, 0.1) is 31.3 Å². The second kappa shape index (κ2) is 13.8. The first-order valence-corrected chi connectivity index (χ1v) is 11.7. The van der Waals surface area contributed by atoms with E-state index in [2.05, 4.69) is 26.0 Å². The second-order valence-electron chi connectivity index (χ2n) is 7.40. The van der Waals surface area contributed by atoms with Crippen molar-refractivity contribution in [2.75, 3.05) is 45.9 Å². The summed E-state index contributed by atoms with van der Waals surface area (Å²) >= 11 is 8.01. The molecule has 7 nitrogen and oxygen atoms in total. The average Bonchev–Trinajstić information content (AvgIpc) is 2.80. The smallest absolute Gasteiger partial charge is 0.158 e. The molecule has 0 aromatic heterocycles. The molecule has 2 aromatic carbocycles. The minimum atomic E-state index is 0.0481. The first kappa shape index (κ1) is 26.6. The SMILES string of the molecule is COCCOCCOc1c(C#N)c(C#N)c(OCCC(C)C)c(Cl)c1Sc1ccccc1N. The number of nitriles is 2. The fourth-order valence-corrected chi connectivity index (χ4v) is 4.10. The van der Waals surface area contributed by atoms with Gasteiger partial charge in [-0.25, -0.2) is 0 Å². The zero-order chi connectivity index (χ0) is 24.2. The predicted octanol–water partition coefficient (Wildman–Crippen LogP) is 5.28.